The maximum atomic E-state index is 14.5. The van der Waals surface area contributed by atoms with Gasteiger partial charge in [-0.25, -0.2) is 4.79 Å². The number of carboxylic acids is 3. The molecule has 86 heavy (non-hydrogen) atoms. The number of carbonyl (C=O) groups is 11. The average molecular weight is 1200 g/mol. The van der Waals surface area contributed by atoms with Crippen LogP contribution in [0.4, 0.5) is 0 Å². The van der Waals surface area contributed by atoms with Crippen molar-refractivity contribution in [3.8, 4) is 5.75 Å². The monoisotopic (exact) mass is 1200 g/mol. The number of carboxylic acid groups (broad SMARTS) is 3. The molecule has 0 aromatic heterocycles. The van der Waals surface area contributed by atoms with Gasteiger partial charge in [0.1, 0.15) is 48.0 Å². The van der Waals surface area contributed by atoms with E-state index in [1.54, 1.807) is 88.4 Å². The molecule has 7 atom stereocenters. The Labute approximate surface area is 503 Å². The van der Waals surface area contributed by atoms with E-state index >= 15 is 0 Å². The first-order chi connectivity index (χ1) is 40.9. The highest BCUT2D eigenvalue weighted by Crippen LogP contribution is 2.16. The number of hydrogen-bond acceptors (Lipinski definition) is 12. The molecule has 8 amide bonds. The SMILES string of the molecule is CCCCCCCCCCCCCC(=O)N[C@@H](CCC(=O)O)C(=O)N[C@@H](Cc1ccccc1)C(=O)N[C@@H](CC(C)C)C(=O)N[C@@H](Cc1ccc(O)cc1)C(=O)NCC(=O)N[C@H](C(=O)N[C@@H](Cc1ccccc1)C(=O)N[C@@H](CC(=O)O)C(=O)O)C(C)C. The molecule has 0 saturated carbocycles. The highest BCUT2D eigenvalue weighted by Gasteiger charge is 2.35. The molecular formula is C63H90N8O15. The van der Waals surface area contributed by atoms with Gasteiger partial charge >= 0.3 is 17.9 Å². The Morgan fingerprint density at radius 1 is 0.419 bits per heavy atom. The number of unbranched alkanes of at least 4 members (excludes halogenated alkanes) is 10. The van der Waals surface area contributed by atoms with Gasteiger partial charge in [0.15, 0.2) is 0 Å². The number of rotatable bonds is 42. The van der Waals surface area contributed by atoms with Gasteiger partial charge in [0.25, 0.3) is 0 Å². The number of aromatic hydroxyl groups is 1. The van der Waals surface area contributed by atoms with Crippen LogP contribution in [0.3, 0.4) is 0 Å². The van der Waals surface area contributed by atoms with Crippen LogP contribution in [0, 0.1) is 11.8 Å². The number of aliphatic carboxylic acids is 3. The van der Waals surface area contributed by atoms with Crippen LogP contribution in [0.2, 0.25) is 0 Å². The number of carbonyl (C=O) groups excluding carboxylic acids is 8. The molecule has 23 heteroatoms. The normalized spacial score (nSPS) is 13.5. The zero-order valence-corrected chi connectivity index (χ0v) is 50.2. The van der Waals surface area contributed by atoms with Crippen LogP contribution in [0.25, 0.3) is 0 Å². The smallest absolute Gasteiger partial charge is 0.326 e. The van der Waals surface area contributed by atoms with Crippen molar-refractivity contribution in [2.45, 2.75) is 199 Å². The highest BCUT2D eigenvalue weighted by atomic mass is 16.4. The number of hydrogen-bond donors (Lipinski definition) is 12. The second-order valence-electron chi connectivity index (χ2n) is 22.5. The molecule has 0 unspecified atom stereocenters. The van der Waals surface area contributed by atoms with E-state index in [1.807, 2.05) is 0 Å². The first kappa shape index (κ1) is 71.9. The molecule has 0 radical (unpaired) electrons. The van der Waals surface area contributed by atoms with Gasteiger partial charge in [-0.15, -0.1) is 0 Å². The van der Waals surface area contributed by atoms with E-state index in [9.17, 15) is 73.2 Å². The Bertz CT molecular complexity index is 2660. The lowest BCUT2D eigenvalue weighted by molar-refractivity contribution is -0.147. The zero-order valence-electron chi connectivity index (χ0n) is 50.2. The molecule has 0 heterocycles. The fourth-order valence-electron chi connectivity index (χ4n) is 9.43. The van der Waals surface area contributed by atoms with Gasteiger partial charge < -0.3 is 63.0 Å². The van der Waals surface area contributed by atoms with Gasteiger partial charge in [-0.3, -0.25) is 47.9 Å². The van der Waals surface area contributed by atoms with Gasteiger partial charge in [0.2, 0.25) is 47.3 Å². The minimum atomic E-state index is -1.83. The van der Waals surface area contributed by atoms with Gasteiger partial charge in [-0.2, -0.15) is 0 Å². The topological polar surface area (TPSA) is 365 Å². The second-order valence-corrected chi connectivity index (χ2v) is 22.5. The van der Waals surface area contributed by atoms with E-state index in [2.05, 4.69) is 49.5 Å². The summed E-state index contributed by atoms with van der Waals surface area (Å²) in [7, 11) is 0. The molecular weight excluding hydrogens is 1110 g/mol. The van der Waals surface area contributed by atoms with Crippen LogP contribution in [-0.2, 0) is 72.0 Å². The Hall–Kier alpha value is -8.37. The van der Waals surface area contributed by atoms with E-state index in [4.69, 9.17) is 0 Å². The predicted molar refractivity (Wildman–Crippen MR) is 321 cm³/mol. The molecule has 0 fully saturated rings. The van der Waals surface area contributed by atoms with Crippen molar-refractivity contribution in [3.63, 3.8) is 0 Å². The third-order valence-corrected chi connectivity index (χ3v) is 14.2. The Balaban J connectivity index is 1.81. The Morgan fingerprint density at radius 3 is 1.31 bits per heavy atom. The van der Waals surface area contributed by atoms with Crippen molar-refractivity contribution < 1.29 is 73.2 Å². The number of phenolic OH excluding ortho intramolecular Hbond substituents is 1. The van der Waals surface area contributed by atoms with Crippen LogP contribution in [0.5, 0.6) is 5.75 Å². The first-order valence-corrected chi connectivity index (χ1v) is 29.9. The number of phenols is 1. The molecule has 0 bridgehead atoms. The van der Waals surface area contributed by atoms with Crippen molar-refractivity contribution in [2.75, 3.05) is 6.54 Å². The summed E-state index contributed by atoms with van der Waals surface area (Å²) in [5, 5.41) is 59.0. The summed E-state index contributed by atoms with van der Waals surface area (Å²) in [4.78, 5) is 146. The van der Waals surface area contributed by atoms with E-state index in [0.717, 1.165) is 25.7 Å². The summed E-state index contributed by atoms with van der Waals surface area (Å²) < 4.78 is 0. The standard InChI is InChI=1S/C63H90N8O15/c1-6-7-8-9-10-11-12-13-14-15-22-27-52(73)65-46(32-33-54(75)76)58(80)68-49(35-42-23-18-16-19-24-42)60(82)66-47(34-40(2)3)59(81)67-48(37-44-28-30-45(72)31-29-44)57(79)64-39-53(74)71-56(41(4)5)62(84)69-50(36-43-25-20-17-21-26-43)61(83)70-51(63(85)86)38-55(77)78/h16-21,23-26,28-31,40-41,46-51,56,72H,6-15,22,27,32-39H2,1-5H3,(H,64,79)(H,65,73)(H,66,82)(H,67,81)(H,68,80)(H,69,84)(H,70,83)(H,71,74)(H,75,76)(H,77,78)(H,85,86)/t46-,47-,48-,49-,50-,51-,56-/m0/s1. The van der Waals surface area contributed by atoms with Crippen LogP contribution >= 0.6 is 0 Å². The molecule has 23 nitrogen and oxygen atoms in total. The fraction of sp³-hybridized carbons (Fsp3) is 0.540. The maximum Gasteiger partial charge on any atom is 0.326 e. The minimum absolute atomic E-state index is 0.0326. The molecule has 3 rings (SSSR count). The third-order valence-electron chi connectivity index (χ3n) is 14.2. The second kappa shape index (κ2) is 39.3. The van der Waals surface area contributed by atoms with Crippen LogP contribution in [0.15, 0.2) is 84.9 Å². The summed E-state index contributed by atoms with van der Waals surface area (Å²) in [5.74, 6) is -11.7. The van der Waals surface area contributed by atoms with E-state index < -0.39 is 133 Å². The van der Waals surface area contributed by atoms with Gasteiger partial charge in [0, 0.05) is 32.1 Å². The number of benzene rings is 3. The van der Waals surface area contributed by atoms with Gasteiger partial charge in [0.05, 0.1) is 13.0 Å². The molecule has 0 saturated heterocycles. The molecule has 472 valence electrons. The quantitative estimate of drug-likeness (QED) is 0.0340. The Kier molecular flexibility index (Phi) is 32.8. The average Bonchev–Trinajstić information content (AvgIpc) is 3.04. The number of nitrogens with one attached hydrogen (secondary N) is 8. The molecule has 0 aliphatic rings. The van der Waals surface area contributed by atoms with Gasteiger partial charge in [-0.05, 0) is 59.9 Å². The lowest BCUT2D eigenvalue weighted by Gasteiger charge is -2.27. The molecule has 12 N–H and O–H groups in total. The van der Waals surface area contributed by atoms with E-state index in [1.165, 1.54) is 62.8 Å². The largest absolute Gasteiger partial charge is 0.508 e. The molecule has 0 aliphatic carbocycles. The summed E-state index contributed by atoms with van der Waals surface area (Å²) in [6.45, 7) is 8.23. The minimum Gasteiger partial charge on any atom is -0.508 e. The lowest BCUT2D eigenvalue weighted by Crippen LogP contribution is -2.60. The summed E-state index contributed by atoms with van der Waals surface area (Å²) in [6, 6.07) is 12.8. The van der Waals surface area contributed by atoms with Crippen LogP contribution in [0.1, 0.15) is 154 Å². The maximum absolute atomic E-state index is 14.5. The van der Waals surface area contributed by atoms with Crippen molar-refractivity contribution in [1.82, 2.24) is 42.5 Å². The van der Waals surface area contributed by atoms with Crippen molar-refractivity contribution in [1.29, 1.82) is 0 Å². The van der Waals surface area contributed by atoms with Crippen molar-refractivity contribution in [3.05, 3.63) is 102 Å². The fourth-order valence-corrected chi connectivity index (χ4v) is 9.43. The lowest BCUT2D eigenvalue weighted by atomic mass is 9.99. The third kappa shape index (κ3) is 28.9. The Morgan fingerprint density at radius 2 is 0.849 bits per heavy atom. The van der Waals surface area contributed by atoms with Gasteiger partial charge in [-0.1, -0.05) is 172 Å². The van der Waals surface area contributed by atoms with E-state index in [-0.39, 0.29) is 50.2 Å². The van der Waals surface area contributed by atoms with E-state index in [0.29, 0.717) is 23.1 Å². The molecule has 0 spiro atoms. The summed E-state index contributed by atoms with van der Waals surface area (Å²) in [6.07, 6.45) is 9.90. The first-order valence-electron chi connectivity index (χ1n) is 29.9. The number of amides is 8. The predicted octanol–water partition coefficient (Wildman–Crippen LogP) is 4.76. The molecule has 0 aliphatic heterocycles. The van der Waals surface area contributed by atoms with Crippen molar-refractivity contribution >= 4 is 65.2 Å². The summed E-state index contributed by atoms with van der Waals surface area (Å²) in [5.41, 5.74) is 1.64. The summed E-state index contributed by atoms with van der Waals surface area (Å²) >= 11 is 0. The highest BCUT2D eigenvalue weighted by molar-refractivity contribution is 5.98. The van der Waals surface area contributed by atoms with Crippen molar-refractivity contribution in [2.24, 2.45) is 11.8 Å². The van der Waals surface area contributed by atoms with Crippen LogP contribution < -0.4 is 42.5 Å². The molecule has 3 aromatic carbocycles. The van der Waals surface area contributed by atoms with Crippen LogP contribution in [-0.4, -0.2) is 134 Å². The zero-order chi connectivity index (χ0) is 63.6. The molecule has 3 aromatic rings.